The molecule has 0 aromatic carbocycles. The van der Waals surface area contributed by atoms with Crippen LogP contribution in [-0.2, 0) is 11.8 Å². The van der Waals surface area contributed by atoms with Gasteiger partial charge in [-0.05, 0) is 26.3 Å². The molecule has 146 valence electrons. The molecule has 0 saturated carbocycles. The van der Waals surface area contributed by atoms with Crippen molar-refractivity contribution in [2.24, 2.45) is 7.05 Å². The third-order valence-corrected chi connectivity index (χ3v) is 4.30. The zero-order valence-electron chi connectivity index (χ0n) is 15.8. The fourth-order valence-electron chi connectivity index (χ4n) is 2.91. The average Bonchev–Trinajstić information content (AvgIpc) is 2.82. The predicted molar refractivity (Wildman–Crippen MR) is 101 cm³/mol. The monoisotopic (exact) mass is 375 g/mol. The number of hydrogen-bond acceptors (Lipinski definition) is 7. The Kier molecular flexibility index (Phi) is 6.69. The molecule has 0 spiro atoms. The Balaban J connectivity index is 0.000000817. The maximum Gasteiger partial charge on any atom is 0.290 e. The van der Waals surface area contributed by atoms with E-state index in [2.05, 4.69) is 20.0 Å². The Morgan fingerprint density at radius 1 is 1.19 bits per heavy atom. The number of aryl methyl sites for hydroxylation is 3. The van der Waals surface area contributed by atoms with E-state index in [1.807, 2.05) is 37.9 Å². The molecule has 10 nitrogen and oxygen atoms in total. The van der Waals surface area contributed by atoms with E-state index >= 15 is 0 Å². The van der Waals surface area contributed by atoms with E-state index in [4.69, 9.17) is 15.6 Å². The first-order chi connectivity index (χ1) is 12.8. The van der Waals surface area contributed by atoms with Crippen LogP contribution < -0.4 is 10.6 Å². The van der Waals surface area contributed by atoms with E-state index < -0.39 is 0 Å². The van der Waals surface area contributed by atoms with Gasteiger partial charge in [0.05, 0.1) is 0 Å². The van der Waals surface area contributed by atoms with Crippen molar-refractivity contribution in [1.29, 1.82) is 0 Å². The second-order valence-corrected chi connectivity index (χ2v) is 6.26. The lowest BCUT2D eigenvalue weighted by Gasteiger charge is -2.22. The molecule has 3 rings (SSSR count). The number of nitrogen functional groups attached to an aromatic ring is 1. The molecular weight excluding hydrogens is 350 g/mol. The number of carbonyl (C=O) groups excluding carboxylic acids is 1. The van der Waals surface area contributed by atoms with Gasteiger partial charge in [0.2, 0.25) is 5.95 Å². The molecule has 1 amide bonds. The Labute approximate surface area is 157 Å². The molecular formula is C17H25N7O3. The van der Waals surface area contributed by atoms with Crippen molar-refractivity contribution in [3.63, 3.8) is 0 Å². The summed E-state index contributed by atoms with van der Waals surface area (Å²) in [5.41, 5.74) is 8.07. The summed E-state index contributed by atoms with van der Waals surface area (Å²) in [4.78, 5) is 33.5. The summed E-state index contributed by atoms with van der Waals surface area (Å²) in [5.74, 6) is 1.09. The molecule has 3 heterocycles. The van der Waals surface area contributed by atoms with E-state index in [-0.39, 0.29) is 18.3 Å². The van der Waals surface area contributed by atoms with Gasteiger partial charge in [-0.1, -0.05) is 0 Å². The van der Waals surface area contributed by atoms with Gasteiger partial charge in [0.1, 0.15) is 5.82 Å². The Morgan fingerprint density at radius 3 is 2.48 bits per heavy atom. The highest BCUT2D eigenvalue weighted by molar-refractivity contribution is 5.92. The average molecular weight is 375 g/mol. The van der Waals surface area contributed by atoms with Gasteiger partial charge in [0, 0.05) is 50.7 Å². The maximum atomic E-state index is 12.7. The van der Waals surface area contributed by atoms with E-state index in [1.165, 1.54) is 0 Å². The molecule has 27 heavy (non-hydrogen) atoms. The molecule has 10 heteroatoms. The smallest absolute Gasteiger partial charge is 0.290 e. The second kappa shape index (κ2) is 8.97. The minimum atomic E-state index is -0.250. The zero-order valence-corrected chi connectivity index (χ0v) is 15.8. The summed E-state index contributed by atoms with van der Waals surface area (Å²) in [7, 11) is 1.85. The summed E-state index contributed by atoms with van der Waals surface area (Å²) in [6.07, 6.45) is 0.876. The second-order valence-electron chi connectivity index (χ2n) is 6.26. The molecule has 3 N–H and O–H groups in total. The minimum Gasteiger partial charge on any atom is -0.483 e. The lowest BCUT2D eigenvalue weighted by molar-refractivity contribution is -0.122. The summed E-state index contributed by atoms with van der Waals surface area (Å²) in [6.45, 7) is 6.49. The Hall–Kier alpha value is -3.17. The zero-order chi connectivity index (χ0) is 20.0. The van der Waals surface area contributed by atoms with Crippen molar-refractivity contribution in [2.75, 3.05) is 36.8 Å². The molecule has 2 aromatic heterocycles. The SMILES string of the molecule is Cc1cc(N2CCCN(C(=O)c3cc(C)n(C)n3)CC2)nc(N)n1.O=CO. The van der Waals surface area contributed by atoms with Gasteiger partial charge in [-0.25, -0.2) is 4.98 Å². The first-order valence-corrected chi connectivity index (χ1v) is 8.59. The summed E-state index contributed by atoms with van der Waals surface area (Å²) < 4.78 is 1.73. The van der Waals surface area contributed by atoms with Gasteiger partial charge in [0.15, 0.2) is 5.69 Å². The van der Waals surface area contributed by atoms with Crippen LogP contribution in [0.15, 0.2) is 12.1 Å². The van der Waals surface area contributed by atoms with Crippen molar-refractivity contribution >= 4 is 24.1 Å². The molecule has 0 unspecified atom stereocenters. The number of amides is 1. The lowest BCUT2D eigenvalue weighted by atomic mass is 10.3. The largest absolute Gasteiger partial charge is 0.483 e. The van der Waals surface area contributed by atoms with Gasteiger partial charge in [-0.15, -0.1) is 0 Å². The number of anilines is 2. The van der Waals surface area contributed by atoms with Gasteiger partial charge in [0.25, 0.3) is 12.4 Å². The number of rotatable bonds is 2. The van der Waals surface area contributed by atoms with Crippen LogP contribution in [0.1, 0.15) is 28.3 Å². The Morgan fingerprint density at radius 2 is 1.89 bits per heavy atom. The molecule has 0 bridgehead atoms. The van der Waals surface area contributed by atoms with Crippen LogP contribution in [0.25, 0.3) is 0 Å². The van der Waals surface area contributed by atoms with Crippen molar-refractivity contribution in [3.05, 3.63) is 29.2 Å². The standard InChI is InChI=1S/C16H23N7O.CH2O2/c1-11-9-14(19-16(17)18-11)22-5-4-6-23(8-7-22)15(24)13-10-12(2)21(3)20-13;2-1-3/h9-10H,4-8H2,1-3H3,(H2,17,18,19);1H,(H,2,3). The van der Waals surface area contributed by atoms with E-state index in [1.54, 1.807) is 4.68 Å². The number of aromatic nitrogens is 4. The van der Waals surface area contributed by atoms with E-state index in [0.717, 1.165) is 30.2 Å². The molecule has 0 radical (unpaired) electrons. The number of hydrogen-bond donors (Lipinski definition) is 2. The van der Waals surface area contributed by atoms with Gasteiger partial charge >= 0.3 is 0 Å². The lowest BCUT2D eigenvalue weighted by Crippen LogP contribution is -2.35. The highest BCUT2D eigenvalue weighted by atomic mass is 16.3. The Bertz CT molecular complexity index is 766. The highest BCUT2D eigenvalue weighted by Gasteiger charge is 2.23. The van der Waals surface area contributed by atoms with Crippen molar-refractivity contribution < 1.29 is 14.7 Å². The van der Waals surface area contributed by atoms with Crippen LogP contribution in [0.3, 0.4) is 0 Å². The van der Waals surface area contributed by atoms with Crippen LogP contribution in [0.5, 0.6) is 0 Å². The van der Waals surface area contributed by atoms with Crippen LogP contribution in [0, 0.1) is 13.8 Å². The highest BCUT2D eigenvalue weighted by Crippen LogP contribution is 2.17. The molecule has 1 aliphatic heterocycles. The topological polar surface area (TPSA) is 130 Å². The maximum absolute atomic E-state index is 12.7. The fourth-order valence-corrected chi connectivity index (χ4v) is 2.91. The van der Waals surface area contributed by atoms with Gasteiger partial charge in [-0.3, -0.25) is 14.3 Å². The number of carbonyl (C=O) groups is 2. The predicted octanol–water partition coefficient (Wildman–Crippen LogP) is 0.462. The van der Waals surface area contributed by atoms with Crippen molar-refractivity contribution in [1.82, 2.24) is 24.6 Å². The van der Waals surface area contributed by atoms with Crippen LogP contribution >= 0.6 is 0 Å². The first kappa shape index (κ1) is 20.1. The molecule has 2 aromatic rings. The molecule has 0 atom stereocenters. The van der Waals surface area contributed by atoms with Gasteiger partial charge < -0.3 is 20.6 Å². The summed E-state index contributed by atoms with van der Waals surface area (Å²) in [6, 6.07) is 3.76. The molecule has 1 saturated heterocycles. The van der Waals surface area contributed by atoms with Crippen molar-refractivity contribution in [2.45, 2.75) is 20.3 Å². The van der Waals surface area contributed by atoms with Crippen LogP contribution in [0.4, 0.5) is 11.8 Å². The van der Waals surface area contributed by atoms with Crippen molar-refractivity contribution in [3.8, 4) is 0 Å². The fraction of sp³-hybridized carbons (Fsp3) is 0.471. The molecule has 1 aliphatic rings. The molecule has 0 aliphatic carbocycles. The third-order valence-electron chi connectivity index (χ3n) is 4.30. The minimum absolute atomic E-state index is 0.0149. The quantitative estimate of drug-likeness (QED) is 0.724. The van der Waals surface area contributed by atoms with Gasteiger partial charge in [-0.2, -0.15) is 10.1 Å². The third kappa shape index (κ3) is 5.16. The summed E-state index contributed by atoms with van der Waals surface area (Å²) >= 11 is 0. The number of nitrogens with two attached hydrogens (primary N) is 1. The number of nitrogens with zero attached hydrogens (tertiary/aromatic N) is 6. The number of carboxylic acid groups (broad SMARTS) is 1. The van der Waals surface area contributed by atoms with Crippen LogP contribution in [0.2, 0.25) is 0 Å². The van der Waals surface area contributed by atoms with E-state index in [0.29, 0.717) is 25.3 Å². The normalized spacial score (nSPS) is 14.2. The first-order valence-electron chi connectivity index (χ1n) is 8.59. The van der Waals surface area contributed by atoms with Crippen LogP contribution in [-0.4, -0.2) is 68.3 Å². The van der Waals surface area contributed by atoms with E-state index in [9.17, 15) is 4.79 Å². The summed E-state index contributed by atoms with van der Waals surface area (Å²) in [5, 5.41) is 11.2. The molecule has 1 fully saturated rings.